The smallest absolute Gasteiger partial charge is 0.271 e. The number of ketones is 1. The highest BCUT2D eigenvalue weighted by molar-refractivity contribution is 6.16. The van der Waals surface area contributed by atoms with Crippen LogP contribution in [0.3, 0.4) is 0 Å². The van der Waals surface area contributed by atoms with Crippen molar-refractivity contribution in [3.05, 3.63) is 112 Å². The number of carbonyl (C=O) groups is 2. The minimum absolute atomic E-state index is 0.0725. The maximum atomic E-state index is 12.7. The molecule has 0 aliphatic rings. The number of rotatable bonds is 7. The molecular weight excluding hydrogens is 370 g/mol. The zero-order valence-electron chi connectivity index (χ0n) is 15.3. The minimum atomic E-state index is -0.524. The SMILES string of the molecule is O=C(C/C(=N\NC(=O)c1ccccc1)c1ccccc1)c1ccc([N+](=O)[O-])cc1. The summed E-state index contributed by atoms with van der Waals surface area (Å²) in [6, 6.07) is 23.0. The van der Waals surface area contributed by atoms with Crippen LogP contribution in [0.5, 0.6) is 0 Å². The molecule has 0 saturated carbocycles. The van der Waals surface area contributed by atoms with Crippen LogP contribution in [0, 0.1) is 10.1 Å². The quantitative estimate of drug-likeness (QED) is 0.286. The van der Waals surface area contributed by atoms with Gasteiger partial charge in [-0.15, -0.1) is 0 Å². The molecule has 0 atom stereocenters. The summed E-state index contributed by atoms with van der Waals surface area (Å²) in [5, 5.41) is 14.9. The molecule has 0 aliphatic carbocycles. The summed E-state index contributed by atoms with van der Waals surface area (Å²) in [6.45, 7) is 0. The summed E-state index contributed by atoms with van der Waals surface area (Å²) in [7, 11) is 0. The van der Waals surface area contributed by atoms with Gasteiger partial charge in [-0.2, -0.15) is 5.10 Å². The number of nitro groups is 1. The standard InChI is InChI=1S/C22H17N3O4/c26-21(17-11-13-19(14-12-17)25(28)29)15-20(16-7-3-1-4-8-16)23-24-22(27)18-9-5-2-6-10-18/h1-14H,15H2,(H,24,27)/b23-20+. The van der Waals surface area contributed by atoms with Gasteiger partial charge in [0, 0.05) is 23.3 Å². The molecule has 0 spiro atoms. The Morgan fingerprint density at radius 1 is 0.793 bits per heavy atom. The third-order valence-electron chi connectivity index (χ3n) is 4.16. The number of hydrazone groups is 1. The number of Topliss-reactive ketones (excluding diaryl/α,β-unsaturated/α-hetero) is 1. The third-order valence-corrected chi connectivity index (χ3v) is 4.16. The summed E-state index contributed by atoms with van der Waals surface area (Å²) >= 11 is 0. The average Bonchev–Trinajstić information content (AvgIpc) is 2.77. The fourth-order valence-electron chi connectivity index (χ4n) is 2.63. The molecule has 0 bridgehead atoms. The van der Waals surface area contributed by atoms with E-state index in [2.05, 4.69) is 10.5 Å². The van der Waals surface area contributed by atoms with Crippen LogP contribution in [0.2, 0.25) is 0 Å². The van der Waals surface area contributed by atoms with Crippen LogP contribution >= 0.6 is 0 Å². The molecule has 0 aliphatic heterocycles. The lowest BCUT2D eigenvalue weighted by Crippen LogP contribution is -2.21. The van der Waals surface area contributed by atoms with Crippen molar-refractivity contribution in [2.75, 3.05) is 0 Å². The first kappa shape index (κ1) is 19.6. The number of non-ortho nitro benzene ring substituents is 1. The van der Waals surface area contributed by atoms with Gasteiger partial charge in [0.1, 0.15) is 0 Å². The second-order valence-electron chi connectivity index (χ2n) is 6.14. The molecule has 0 fully saturated rings. The fraction of sp³-hybridized carbons (Fsp3) is 0.0455. The zero-order valence-corrected chi connectivity index (χ0v) is 15.3. The molecule has 1 amide bonds. The van der Waals surface area contributed by atoms with Gasteiger partial charge in [-0.05, 0) is 29.8 Å². The van der Waals surface area contributed by atoms with E-state index in [0.717, 1.165) is 0 Å². The van der Waals surface area contributed by atoms with Crippen molar-refractivity contribution in [1.82, 2.24) is 5.43 Å². The Morgan fingerprint density at radius 3 is 1.90 bits per heavy atom. The van der Waals surface area contributed by atoms with Gasteiger partial charge in [-0.25, -0.2) is 5.43 Å². The lowest BCUT2D eigenvalue weighted by Gasteiger charge is -2.08. The second-order valence-corrected chi connectivity index (χ2v) is 6.14. The van der Waals surface area contributed by atoms with Crippen LogP contribution in [0.1, 0.15) is 32.7 Å². The van der Waals surface area contributed by atoms with Crippen LogP contribution in [0.15, 0.2) is 90.0 Å². The first-order valence-corrected chi connectivity index (χ1v) is 8.79. The molecule has 29 heavy (non-hydrogen) atoms. The van der Waals surface area contributed by atoms with Crippen molar-refractivity contribution >= 4 is 23.1 Å². The maximum Gasteiger partial charge on any atom is 0.271 e. The van der Waals surface area contributed by atoms with Crippen LogP contribution in [-0.4, -0.2) is 22.3 Å². The number of nitrogens with zero attached hydrogens (tertiary/aromatic N) is 2. The van der Waals surface area contributed by atoms with E-state index in [0.29, 0.717) is 22.4 Å². The molecule has 7 nitrogen and oxygen atoms in total. The molecule has 0 heterocycles. The van der Waals surface area contributed by atoms with Gasteiger partial charge < -0.3 is 0 Å². The first-order chi connectivity index (χ1) is 14.0. The normalized spacial score (nSPS) is 11.0. The summed E-state index contributed by atoms with van der Waals surface area (Å²) in [5.41, 5.74) is 4.25. The molecule has 0 aromatic heterocycles. The Morgan fingerprint density at radius 2 is 1.34 bits per heavy atom. The van der Waals surface area contributed by atoms with E-state index < -0.39 is 4.92 Å². The van der Waals surface area contributed by atoms with Gasteiger partial charge in [0.05, 0.1) is 17.1 Å². The van der Waals surface area contributed by atoms with Gasteiger partial charge in [-0.3, -0.25) is 19.7 Å². The van der Waals surface area contributed by atoms with Crippen LogP contribution in [0.4, 0.5) is 5.69 Å². The van der Waals surface area contributed by atoms with Crippen molar-refractivity contribution in [3.63, 3.8) is 0 Å². The maximum absolute atomic E-state index is 12.7. The molecule has 0 unspecified atom stereocenters. The fourth-order valence-corrected chi connectivity index (χ4v) is 2.63. The number of carbonyl (C=O) groups excluding carboxylic acids is 2. The highest BCUT2D eigenvalue weighted by Gasteiger charge is 2.15. The monoisotopic (exact) mass is 387 g/mol. The number of hydrogen-bond donors (Lipinski definition) is 1. The largest absolute Gasteiger partial charge is 0.294 e. The van der Waals surface area contributed by atoms with Gasteiger partial charge in [0.15, 0.2) is 5.78 Å². The molecule has 3 rings (SSSR count). The van der Waals surface area contributed by atoms with Crippen molar-refractivity contribution in [3.8, 4) is 0 Å². The van der Waals surface area contributed by atoms with Crippen molar-refractivity contribution in [2.24, 2.45) is 5.10 Å². The molecule has 0 saturated heterocycles. The van der Waals surface area contributed by atoms with Crippen molar-refractivity contribution in [1.29, 1.82) is 0 Å². The van der Waals surface area contributed by atoms with E-state index in [1.807, 2.05) is 6.07 Å². The molecule has 144 valence electrons. The van der Waals surface area contributed by atoms with E-state index in [4.69, 9.17) is 0 Å². The van der Waals surface area contributed by atoms with Crippen LogP contribution in [0.25, 0.3) is 0 Å². The number of benzene rings is 3. The Kier molecular flexibility index (Phi) is 6.22. The molecule has 7 heteroatoms. The summed E-state index contributed by atoms with van der Waals surface area (Å²) < 4.78 is 0. The molecule has 3 aromatic rings. The van der Waals surface area contributed by atoms with E-state index in [1.54, 1.807) is 54.6 Å². The van der Waals surface area contributed by atoms with Gasteiger partial charge in [0.25, 0.3) is 11.6 Å². The molecular formula is C22H17N3O4. The van der Waals surface area contributed by atoms with E-state index in [9.17, 15) is 19.7 Å². The minimum Gasteiger partial charge on any atom is -0.294 e. The van der Waals surface area contributed by atoms with Gasteiger partial charge in [0.2, 0.25) is 0 Å². The summed E-state index contributed by atoms with van der Waals surface area (Å²) in [4.78, 5) is 35.2. The van der Waals surface area contributed by atoms with Crippen molar-refractivity contribution in [2.45, 2.75) is 6.42 Å². The number of nitro benzene ring substituents is 1. The van der Waals surface area contributed by atoms with Crippen LogP contribution < -0.4 is 5.43 Å². The first-order valence-electron chi connectivity index (χ1n) is 8.79. The number of amides is 1. The highest BCUT2D eigenvalue weighted by Crippen LogP contribution is 2.15. The Hall–Kier alpha value is -4.13. The Balaban J connectivity index is 1.81. The van der Waals surface area contributed by atoms with E-state index in [-0.39, 0.29) is 23.8 Å². The predicted octanol–water partition coefficient (Wildman–Crippen LogP) is 4.00. The molecule has 3 aromatic carbocycles. The second kappa shape index (κ2) is 9.18. The summed E-state index contributed by atoms with van der Waals surface area (Å²) in [5.74, 6) is -0.654. The van der Waals surface area contributed by atoms with Crippen LogP contribution in [-0.2, 0) is 0 Å². The number of nitrogens with one attached hydrogen (secondary N) is 1. The van der Waals surface area contributed by atoms with E-state index in [1.165, 1.54) is 24.3 Å². The highest BCUT2D eigenvalue weighted by atomic mass is 16.6. The van der Waals surface area contributed by atoms with E-state index >= 15 is 0 Å². The lowest BCUT2D eigenvalue weighted by atomic mass is 10.0. The lowest BCUT2D eigenvalue weighted by molar-refractivity contribution is -0.384. The third kappa shape index (κ3) is 5.20. The Labute approximate surface area is 166 Å². The topological polar surface area (TPSA) is 102 Å². The molecule has 1 N–H and O–H groups in total. The molecule has 0 radical (unpaired) electrons. The predicted molar refractivity (Wildman–Crippen MR) is 109 cm³/mol. The number of hydrogen-bond acceptors (Lipinski definition) is 5. The average molecular weight is 387 g/mol. The summed E-state index contributed by atoms with van der Waals surface area (Å²) in [6.07, 6.45) is -0.0725. The zero-order chi connectivity index (χ0) is 20.6. The van der Waals surface area contributed by atoms with Crippen molar-refractivity contribution < 1.29 is 14.5 Å². The van der Waals surface area contributed by atoms with Gasteiger partial charge >= 0.3 is 0 Å². The Bertz CT molecular complexity index is 1050. The van der Waals surface area contributed by atoms with Gasteiger partial charge in [-0.1, -0.05) is 48.5 Å².